The van der Waals surface area contributed by atoms with Gasteiger partial charge in [0.1, 0.15) is 11.3 Å². The first kappa shape index (κ1) is 19.1. The molecule has 0 spiro atoms. The molecule has 0 radical (unpaired) electrons. The summed E-state index contributed by atoms with van der Waals surface area (Å²) >= 11 is 0. The maximum Gasteiger partial charge on any atom is 0.155 e. The first-order valence-corrected chi connectivity index (χ1v) is 11.3. The second-order valence-corrected chi connectivity index (χ2v) is 10.2. The molecule has 4 aliphatic rings. The fraction of sp³-hybridized carbons (Fsp3) is 0.615. The number of aliphatic hydroxyl groups is 1. The van der Waals surface area contributed by atoms with Crippen molar-refractivity contribution >= 4 is 5.78 Å². The number of rotatable bonds is 0. The van der Waals surface area contributed by atoms with E-state index in [1.807, 2.05) is 24.3 Å². The van der Waals surface area contributed by atoms with Crippen molar-refractivity contribution in [3.05, 3.63) is 41.7 Å². The van der Waals surface area contributed by atoms with Crippen LogP contribution in [0.5, 0.6) is 0 Å². The Balaban J connectivity index is 1.46. The Hall–Kier alpha value is -1.92. The molecule has 0 bridgehead atoms. The molecule has 4 aliphatic carbocycles. The minimum Gasteiger partial charge on any atom is -0.377 e. The van der Waals surface area contributed by atoms with Crippen molar-refractivity contribution in [2.75, 3.05) is 0 Å². The number of hydrogen-bond acceptors (Lipinski definition) is 3. The zero-order chi connectivity index (χ0) is 20.2. The van der Waals surface area contributed by atoms with Gasteiger partial charge in [-0.25, -0.2) is 4.98 Å². The van der Waals surface area contributed by atoms with Crippen molar-refractivity contribution in [3.8, 4) is 11.8 Å². The molecule has 0 amide bonds. The SMILES string of the molecule is C[C@H]1CC2=CC(=O)CC[C@@H]2[C@@H]2CC[C@@]3(C)[C@H](CC[C@]3(O)C#Cc3ccccn3)[C@@H]21. The molecule has 0 aliphatic heterocycles. The highest BCUT2D eigenvalue weighted by atomic mass is 16.3. The summed E-state index contributed by atoms with van der Waals surface area (Å²) in [6, 6.07) is 5.73. The third-order valence-corrected chi connectivity index (χ3v) is 8.85. The van der Waals surface area contributed by atoms with Crippen molar-refractivity contribution in [3.63, 3.8) is 0 Å². The summed E-state index contributed by atoms with van der Waals surface area (Å²) in [5.74, 6) is 9.73. The second-order valence-electron chi connectivity index (χ2n) is 10.2. The van der Waals surface area contributed by atoms with Gasteiger partial charge >= 0.3 is 0 Å². The molecule has 0 saturated heterocycles. The summed E-state index contributed by atoms with van der Waals surface area (Å²) in [4.78, 5) is 16.3. The summed E-state index contributed by atoms with van der Waals surface area (Å²) in [5, 5.41) is 11.7. The van der Waals surface area contributed by atoms with E-state index in [0.29, 0.717) is 41.8 Å². The molecule has 7 atom stereocenters. The lowest BCUT2D eigenvalue weighted by Crippen LogP contribution is -2.54. The normalized spacial score (nSPS) is 43.3. The van der Waals surface area contributed by atoms with E-state index in [2.05, 4.69) is 30.7 Å². The van der Waals surface area contributed by atoms with Crippen LogP contribution in [-0.2, 0) is 4.79 Å². The molecule has 29 heavy (non-hydrogen) atoms. The van der Waals surface area contributed by atoms with E-state index in [0.717, 1.165) is 44.2 Å². The van der Waals surface area contributed by atoms with Crippen LogP contribution in [0.15, 0.2) is 36.0 Å². The van der Waals surface area contributed by atoms with Gasteiger partial charge in [-0.1, -0.05) is 31.4 Å². The van der Waals surface area contributed by atoms with Crippen LogP contribution < -0.4 is 0 Å². The highest BCUT2D eigenvalue weighted by Crippen LogP contribution is 2.65. The maximum atomic E-state index is 12.0. The molecule has 0 aromatic carbocycles. The Kier molecular flexibility index (Phi) is 4.48. The number of carbonyl (C=O) groups excluding carboxylic acids is 1. The number of allylic oxidation sites excluding steroid dienone is 1. The molecule has 3 saturated carbocycles. The van der Waals surface area contributed by atoms with Crippen LogP contribution >= 0.6 is 0 Å². The summed E-state index contributed by atoms with van der Waals surface area (Å²) in [5.41, 5.74) is 1.06. The van der Waals surface area contributed by atoms with E-state index in [4.69, 9.17) is 0 Å². The highest BCUT2D eigenvalue weighted by molar-refractivity contribution is 5.91. The van der Waals surface area contributed by atoms with Crippen LogP contribution in [0.1, 0.15) is 64.5 Å². The van der Waals surface area contributed by atoms with E-state index in [1.165, 1.54) is 5.57 Å². The summed E-state index contributed by atoms with van der Waals surface area (Å²) in [6.07, 6.45) is 10.5. The van der Waals surface area contributed by atoms with Crippen LogP contribution in [0.25, 0.3) is 0 Å². The van der Waals surface area contributed by atoms with E-state index >= 15 is 0 Å². The molecule has 3 heteroatoms. The molecule has 3 fully saturated rings. The van der Waals surface area contributed by atoms with Gasteiger partial charge in [-0.3, -0.25) is 4.79 Å². The fourth-order valence-electron chi connectivity index (χ4n) is 7.42. The molecule has 1 heterocycles. The van der Waals surface area contributed by atoms with Gasteiger partial charge in [-0.15, -0.1) is 0 Å². The number of nitrogens with zero attached hydrogens (tertiary/aromatic N) is 1. The molecule has 0 unspecified atom stereocenters. The summed E-state index contributed by atoms with van der Waals surface area (Å²) in [7, 11) is 0. The minimum atomic E-state index is -0.932. The van der Waals surface area contributed by atoms with E-state index in [1.54, 1.807) is 6.20 Å². The van der Waals surface area contributed by atoms with Crippen molar-refractivity contribution in [2.45, 2.75) is 64.4 Å². The molecule has 152 valence electrons. The van der Waals surface area contributed by atoms with Gasteiger partial charge in [0.2, 0.25) is 0 Å². The predicted molar refractivity (Wildman–Crippen MR) is 113 cm³/mol. The van der Waals surface area contributed by atoms with E-state index in [-0.39, 0.29) is 5.41 Å². The van der Waals surface area contributed by atoms with Crippen LogP contribution in [0.4, 0.5) is 0 Å². The van der Waals surface area contributed by atoms with Crippen LogP contribution in [0.3, 0.4) is 0 Å². The van der Waals surface area contributed by atoms with Crippen LogP contribution in [-0.4, -0.2) is 21.5 Å². The number of fused-ring (bicyclic) bond motifs is 5. The standard InChI is InChI=1S/C26H31NO2/c1-17-15-18-16-20(28)6-7-21(18)22-9-11-25(2)23(24(17)22)10-13-26(25,29)12-8-19-5-3-4-14-27-19/h3-5,14,16-17,21-24,29H,6-7,9-11,13,15H2,1-2H3/t17-,21-,22-,23+,24+,25-,26+/m0/s1. The van der Waals surface area contributed by atoms with Crippen LogP contribution in [0.2, 0.25) is 0 Å². The molecule has 3 nitrogen and oxygen atoms in total. The largest absolute Gasteiger partial charge is 0.377 e. The third-order valence-electron chi connectivity index (χ3n) is 8.85. The first-order chi connectivity index (χ1) is 13.9. The Labute approximate surface area is 174 Å². The van der Waals surface area contributed by atoms with Crippen molar-refractivity contribution in [1.29, 1.82) is 0 Å². The van der Waals surface area contributed by atoms with E-state index < -0.39 is 5.60 Å². The van der Waals surface area contributed by atoms with Crippen LogP contribution in [0, 0.1) is 46.8 Å². The zero-order valence-electron chi connectivity index (χ0n) is 17.5. The lowest BCUT2D eigenvalue weighted by atomic mass is 9.48. The lowest BCUT2D eigenvalue weighted by Gasteiger charge is -2.56. The third kappa shape index (κ3) is 2.91. The highest BCUT2D eigenvalue weighted by Gasteiger charge is 2.63. The Morgan fingerprint density at radius 1 is 1.21 bits per heavy atom. The van der Waals surface area contributed by atoms with Crippen molar-refractivity contribution in [2.24, 2.45) is 35.0 Å². The molecule has 1 aromatic heterocycles. The lowest BCUT2D eigenvalue weighted by molar-refractivity contribution is -0.117. The number of carbonyl (C=O) groups is 1. The van der Waals surface area contributed by atoms with Gasteiger partial charge in [0.05, 0.1) is 0 Å². The van der Waals surface area contributed by atoms with E-state index in [9.17, 15) is 9.90 Å². The molecule has 1 N–H and O–H groups in total. The van der Waals surface area contributed by atoms with Gasteiger partial charge < -0.3 is 5.11 Å². The number of ketones is 1. The Bertz CT molecular complexity index is 910. The smallest absolute Gasteiger partial charge is 0.155 e. The monoisotopic (exact) mass is 389 g/mol. The number of hydrogen-bond donors (Lipinski definition) is 1. The van der Waals surface area contributed by atoms with Gasteiger partial charge in [-0.2, -0.15) is 0 Å². The number of pyridine rings is 1. The average Bonchev–Trinajstić information content (AvgIpc) is 2.98. The topological polar surface area (TPSA) is 50.2 Å². The fourth-order valence-corrected chi connectivity index (χ4v) is 7.42. The quantitative estimate of drug-likeness (QED) is 0.662. The Morgan fingerprint density at radius 2 is 2.07 bits per heavy atom. The average molecular weight is 390 g/mol. The predicted octanol–water partition coefficient (Wildman–Crippen LogP) is 4.55. The maximum absolute atomic E-state index is 12.0. The van der Waals surface area contributed by atoms with Crippen molar-refractivity contribution < 1.29 is 9.90 Å². The van der Waals surface area contributed by atoms with Gasteiger partial charge in [-0.05, 0) is 92.2 Å². The summed E-state index contributed by atoms with van der Waals surface area (Å²) < 4.78 is 0. The molecular formula is C26H31NO2. The zero-order valence-corrected chi connectivity index (χ0v) is 17.5. The first-order valence-electron chi connectivity index (χ1n) is 11.3. The molecular weight excluding hydrogens is 358 g/mol. The number of aromatic nitrogens is 1. The molecule has 5 rings (SSSR count). The second kappa shape index (κ2) is 6.81. The van der Waals surface area contributed by atoms with Gasteiger partial charge in [0.25, 0.3) is 0 Å². The molecule has 1 aromatic rings. The minimum absolute atomic E-state index is 0.157. The summed E-state index contributed by atoms with van der Waals surface area (Å²) in [6.45, 7) is 4.66. The Morgan fingerprint density at radius 3 is 2.86 bits per heavy atom. The van der Waals surface area contributed by atoms with Crippen molar-refractivity contribution in [1.82, 2.24) is 4.98 Å². The van der Waals surface area contributed by atoms with Gasteiger partial charge in [0.15, 0.2) is 5.78 Å². The van der Waals surface area contributed by atoms with Gasteiger partial charge in [0, 0.05) is 18.0 Å².